The maximum absolute atomic E-state index is 14.3. The highest BCUT2D eigenvalue weighted by Gasteiger charge is 2.29. The predicted octanol–water partition coefficient (Wildman–Crippen LogP) is 2.85. The number of furan rings is 1. The van der Waals surface area contributed by atoms with Crippen molar-refractivity contribution in [1.82, 2.24) is 14.5 Å². The number of benzene rings is 1. The summed E-state index contributed by atoms with van der Waals surface area (Å²) in [5, 5.41) is 10.2. The second-order valence-electron chi connectivity index (χ2n) is 8.30. The SMILES string of the molecule is N#Cc1c(N2CCN(C(=O)c3ccco3)CC2)c2cc(F)cnc2n(CC(=O)c2ccccc2)c1=O. The zero-order valence-electron chi connectivity index (χ0n) is 19.1. The van der Waals surface area contributed by atoms with Crippen molar-refractivity contribution < 1.29 is 18.4 Å². The molecule has 0 spiro atoms. The lowest BCUT2D eigenvalue weighted by molar-refractivity contribution is 0.0714. The van der Waals surface area contributed by atoms with Crippen LogP contribution in [-0.4, -0.2) is 52.3 Å². The van der Waals surface area contributed by atoms with Gasteiger partial charge in [0.15, 0.2) is 11.5 Å². The number of Topliss-reactive ketones (excluding diaryl/α,β-unsaturated/α-hetero) is 1. The lowest BCUT2D eigenvalue weighted by atomic mass is 10.1. The molecule has 1 fully saturated rings. The van der Waals surface area contributed by atoms with Gasteiger partial charge in [-0.2, -0.15) is 5.26 Å². The molecule has 3 aromatic heterocycles. The zero-order chi connectivity index (χ0) is 25.2. The van der Waals surface area contributed by atoms with Gasteiger partial charge in [-0.3, -0.25) is 19.0 Å². The van der Waals surface area contributed by atoms with Crippen LogP contribution in [0.3, 0.4) is 0 Å². The monoisotopic (exact) mass is 485 g/mol. The second kappa shape index (κ2) is 9.46. The van der Waals surface area contributed by atoms with E-state index in [9.17, 15) is 24.0 Å². The molecule has 1 aliphatic rings. The van der Waals surface area contributed by atoms with Crippen molar-refractivity contribution in [2.24, 2.45) is 0 Å². The van der Waals surface area contributed by atoms with Crippen LogP contribution in [0.2, 0.25) is 0 Å². The molecular formula is C26H20FN5O4. The average molecular weight is 485 g/mol. The lowest BCUT2D eigenvalue weighted by Crippen LogP contribution is -2.49. The van der Waals surface area contributed by atoms with Crippen LogP contribution < -0.4 is 10.5 Å². The normalized spacial score (nSPS) is 13.6. The number of rotatable bonds is 5. The van der Waals surface area contributed by atoms with E-state index in [2.05, 4.69) is 4.98 Å². The number of nitrogens with zero attached hydrogens (tertiary/aromatic N) is 5. The van der Waals surface area contributed by atoms with E-state index in [1.165, 1.54) is 12.3 Å². The first-order valence-electron chi connectivity index (χ1n) is 11.3. The van der Waals surface area contributed by atoms with Gasteiger partial charge in [0.2, 0.25) is 0 Å². The van der Waals surface area contributed by atoms with Gasteiger partial charge in [0.25, 0.3) is 11.5 Å². The smallest absolute Gasteiger partial charge is 0.289 e. The molecule has 0 radical (unpaired) electrons. The highest BCUT2D eigenvalue weighted by atomic mass is 19.1. The van der Waals surface area contributed by atoms with Gasteiger partial charge in [-0.25, -0.2) is 9.37 Å². The third-order valence-electron chi connectivity index (χ3n) is 6.16. The van der Waals surface area contributed by atoms with Crippen LogP contribution >= 0.6 is 0 Å². The van der Waals surface area contributed by atoms with Gasteiger partial charge in [-0.15, -0.1) is 0 Å². The minimum absolute atomic E-state index is 0.105. The van der Waals surface area contributed by atoms with Gasteiger partial charge in [0.05, 0.1) is 24.7 Å². The third-order valence-corrected chi connectivity index (χ3v) is 6.16. The Labute approximate surface area is 204 Å². The van der Waals surface area contributed by atoms with Crippen LogP contribution in [0.5, 0.6) is 0 Å². The van der Waals surface area contributed by atoms with E-state index in [0.717, 1.165) is 10.8 Å². The summed E-state index contributed by atoms with van der Waals surface area (Å²) in [7, 11) is 0. The Morgan fingerprint density at radius 2 is 1.83 bits per heavy atom. The van der Waals surface area contributed by atoms with Crippen molar-refractivity contribution in [3.05, 3.63) is 94.0 Å². The molecular weight excluding hydrogens is 465 g/mol. The van der Waals surface area contributed by atoms with Crippen molar-refractivity contribution in [3.63, 3.8) is 0 Å². The number of amides is 1. The van der Waals surface area contributed by atoms with Gasteiger partial charge >= 0.3 is 0 Å². The van der Waals surface area contributed by atoms with Crippen LogP contribution in [0, 0.1) is 17.1 Å². The molecule has 0 unspecified atom stereocenters. The van der Waals surface area contributed by atoms with E-state index in [4.69, 9.17) is 4.42 Å². The fourth-order valence-corrected chi connectivity index (χ4v) is 4.41. The standard InChI is InChI=1S/C26H20FN5O4/c27-18-13-19-23(30-8-10-31(11-9-30)26(35)22-7-4-12-36-22)20(14-28)25(34)32(24(19)29-15-18)16-21(33)17-5-2-1-3-6-17/h1-7,12-13,15H,8-11,16H2. The number of hydrogen-bond acceptors (Lipinski definition) is 7. The first-order valence-corrected chi connectivity index (χ1v) is 11.3. The van der Waals surface area contributed by atoms with Gasteiger partial charge < -0.3 is 14.2 Å². The van der Waals surface area contributed by atoms with Crippen LogP contribution in [0.25, 0.3) is 11.0 Å². The van der Waals surface area contributed by atoms with E-state index in [-0.39, 0.29) is 46.3 Å². The first kappa shape index (κ1) is 23.0. The van der Waals surface area contributed by atoms with Crippen molar-refractivity contribution in [1.29, 1.82) is 5.26 Å². The van der Waals surface area contributed by atoms with Gasteiger partial charge in [0.1, 0.15) is 23.1 Å². The summed E-state index contributed by atoms with van der Waals surface area (Å²) in [5.74, 6) is -1.01. The van der Waals surface area contributed by atoms with Crippen LogP contribution in [0.15, 0.2) is 70.2 Å². The Hall–Kier alpha value is -4.78. The summed E-state index contributed by atoms with van der Waals surface area (Å²) < 4.78 is 20.6. The maximum Gasteiger partial charge on any atom is 0.289 e. The summed E-state index contributed by atoms with van der Waals surface area (Å²) in [5.41, 5.74) is -0.134. The third kappa shape index (κ3) is 4.11. The Kier molecular flexibility index (Phi) is 6.04. The topological polar surface area (TPSA) is 112 Å². The Morgan fingerprint density at radius 3 is 2.50 bits per heavy atom. The van der Waals surface area contributed by atoms with Crippen molar-refractivity contribution >= 4 is 28.4 Å². The molecule has 180 valence electrons. The van der Waals surface area contributed by atoms with Crippen molar-refractivity contribution in [2.45, 2.75) is 6.54 Å². The molecule has 0 aliphatic carbocycles. The number of hydrogen-bond donors (Lipinski definition) is 0. The van der Waals surface area contributed by atoms with Gasteiger partial charge in [-0.05, 0) is 18.2 Å². The number of ketones is 1. The molecule has 0 saturated carbocycles. The number of fused-ring (bicyclic) bond motifs is 1. The molecule has 1 saturated heterocycles. The van der Waals surface area contributed by atoms with E-state index >= 15 is 0 Å². The Balaban J connectivity index is 1.53. The van der Waals surface area contributed by atoms with E-state index in [0.29, 0.717) is 31.7 Å². The highest BCUT2D eigenvalue weighted by Crippen LogP contribution is 2.29. The summed E-state index contributed by atoms with van der Waals surface area (Å²) in [6.45, 7) is 0.880. The molecule has 0 atom stereocenters. The molecule has 36 heavy (non-hydrogen) atoms. The summed E-state index contributed by atoms with van der Waals surface area (Å²) >= 11 is 0. The molecule has 4 heterocycles. The minimum Gasteiger partial charge on any atom is -0.459 e. The highest BCUT2D eigenvalue weighted by molar-refractivity contribution is 5.98. The molecule has 4 aromatic rings. The fraction of sp³-hybridized carbons (Fsp3) is 0.192. The molecule has 0 N–H and O–H groups in total. The van der Waals surface area contributed by atoms with Crippen molar-refractivity contribution in [3.8, 4) is 6.07 Å². The lowest BCUT2D eigenvalue weighted by Gasteiger charge is -2.36. The largest absolute Gasteiger partial charge is 0.459 e. The summed E-state index contributed by atoms with van der Waals surface area (Å²) in [6.07, 6.45) is 2.40. The molecule has 10 heteroatoms. The first-order chi connectivity index (χ1) is 17.5. The molecule has 0 bridgehead atoms. The Morgan fingerprint density at radius 1 is 1.08 bits per heavy atom. The van der Waals surface area contributed by atoms with E-state index in [1.807, 2.05) is 6.07 Å². The van der Waals surface area contributed by atoms with Gasteiger partial charge in [-0.1, -0.05) is 30.3 Å². The number of aromatic nitrogens is 2. The van der Waals surface area contributed by atoms with E-state index in [1.54, 1.807) is 52.3 Å². The van der Waals surface area contributed by atoms with Gasteiger partial charge in [0, 0.05) is 37.1 Å². The maximum atomic E-state index is 14.3. The number of halogens is 1. The molecule has 1 amide bonds. The van der Waals surface area contributed by atoms with E-state index < -0.39 is 11.4 Å². The van der Waals surface area contributed by atoms with Crippen molar-refractivity contribution in [2.75, 3.05) is 31.1 Å². The fourth-order valence-electron chi connectivity index (χ4n) is 4.41. The van der Waals surface area contributed by atoms with Crippen LogP contribution in [0.4, 0.5) is 10.1 Å². The minimum atomic E-state index is -0.683. The second-order valence-corrected chi connectivity index (χ2v) is 8.30. The summed E-state index contributed by atoms with van der Waals surface area (Å²) in [4.78, 5) is 46.4. The average Bonchev–Trinajstić information content (AvgIpc) is 3.45. The number of carbonyl (C=O) groups is 2. The number of anilines is 1. The number of carbonyl (C=O) groups excluding carboxylic acids is 2. The predicted molar refractivity (Wildman–Crippen MR) is 128 cm³/mol. The molecule has 9 nitrogen and oxygen atoms in total. The summed E-state index contributed by atoms with van der Waals surface area (Å²) in [6, 6.07) is 14.8. The Bertz CT molecular complexity index is 1550. The molecule has 1 aliphatic heterocycles. The molecule has 1 aromatic carbocycles. The number of pyridine rings is 2. The van der Waals surface area contributed by atoms with Crippen LogP contribution in [0.1, 0.15) is 26.5 Å². The quantitative estimate of drug-likeness (QED) is 0.400. The zero-order valence-corrected chi connectivity index (χ0v) is 19.1. The number of nitriles is 1. The number of piperazine rings is 1. The van der Waals surface area contributed by atoms with Crippen LogP contribution in [-0.2, 0) is 6.54 Å². The molecule has 5 rings (SSSR count).